The third-order valence-corrected chi connectivity index (χ3v) is 11.2. The van der Waals surface area contributed by atoms with Gasteiger partial charge in [-0.1, -0.05) is 140 Å². The third-order valence-electron chi connectivity index (χ3n) is 10.0. The van der Waals surface area contributed by atoms with E-state index in [1.54, 1.807) is 0 Å². The van der Waals surface area contributed by atoms with Crippen molar-refractivity contribution in [1.29, 1.82) is 0 Å². The number of para-hydroxylation sites is 2. The molecule has 4 nitrogen and oxygen atoms in total. The molecule has 0 bridgehead atoms. The Morgan fingerprint density at radius 1 is 0.510 bits per heavy atom. The van der Waals surface area contributed by atoms with Crippen LogP contribution < -0.4 is 10.0 Å². The first-order valence-corrected chi connectivity index (χ1v) is 17.9. The van der Waals surface area contributed by atoms with Crippen LogP contribution in [0.25, 0.3) is 75.0 Å². The van der Waals surface area contributed by atoms with Crippen LogP contribution >= 0.6 is 11.3 Å². The lowest BCUT2D eigenvalue weighted by atomic mass is 9.87. The SMILES string of the molecule is [2H]c1cc2ccccc2c2c1N(c1ccccc1)N(c1nc(-c3ccccc3)c3ccccc3n1)c1c-2c2ccccc2c2sc3ccccc3c12. The van der Waals surface area contributed by atoms with E-state index >= 15 is 0 Å². The standard InChI is InChI=1S/C46H28N4S/c1-3-16-30(17-4-1)43-35-23-11-13-25-37(35)47-46(48-43)50-44-41(33-21-9-10-22-34(33)45-42(44)36-24-12-14-26-39(36)51-45)40-32-20-8-7-15-29(32)27-28-38(40)49(50)31-18-5-2-6-19-31/h1-28H/i28D. The maximum Gasteiger partial charge on any atom is 0.251 e. The molecule has 0 radical (unpaired) electrons. The van der Waals surface area contributed by atoms with Gasteiger partial charge in [0.2, 0.25) is 0 Å². The van der Waals surface area contributed by atoms with Crippen LogP contribution in [0.1, 0.15) is 1.37 Å². The summed E-state index contributed by atoms with van der Waals surface area (Å²) in [4.78, 5) is 10.9. The van der Waals surface area contributed by atoms with Crippen LogP contribution in [0.4, 0.5) is 23.0 Å². The van der Waals surface area contributed by atoms with Gasteiger partial charge in [-0.05, 0) is 46.5 Å². The van der Waals surface area contributed by atoms with Crippen molar-refractivity contribution in [3.63, 3.8) is 0 Å². The van der Waals surface area contributed by atoms with Gasteiger partial charge in [0.25, 0.3) is 5.95 Å². The minimum atomic E-state index is 0.427. The zero-order chi connectivity index (χ0) is 34.3. The molecule has 0 atom stereocenters. The highest BCUT2D eigenvalue weighted by Gasteiger charge is 2.38. The molecule has 3 heterocycles. The molecule has 2 aromatic heterocycles. The van der Waals surface area contributed by atoms with Crippen LogP contribution in [0, 0.1) is 0 Å². The first-order chi connectivity index (χ1) is 25.7. The number of thiophene rings is 1. The highest BCUT2D eigenvalue weighted by atomic mass is 32.1. The van der Waals surface area contributed by atoms with Gasteiger partial charge in [-0.2, -0.15) is 0 Å². The zero-order valence-electron chi connectivity index (χ0n) is 28.3. The van der Waals surface area contributed by atoms with Gasteiger partial charge in [0.1, 0.15) is 0 Å². The van der Waals surface area contributed by atoms with Gasteiger partial charge < -0.3 is 0 Å². The molecule has 51 heavy (non-hydrogen) atoms. The zero-order valence-corrected chi connectivity index (χ0v) is 28.1. The number of benzene rings is 8. The average Bonchev–Trinajstić information content (AvgIpc) is 3.60. The lowest BCUT2D eigenvalue weighted by molar-refractivity contribution is 0.933. The second kappa shape index (κ2) is 11.0. The third kappa shape index (κ3) is 4.13. The van der Waals surface area contributed by atoms with Crippen LogP contribution in [0.2, 0.25) is 0 Å². The van der Waals surface area contributed by atoms with Crippen molar-refractivity contribution >= 4 is 87.0 Å². The lowest BCUT2D eigenvalue weighted by Gasteiger charge is -2.43. The number of aromatic nitrogens is 2. The number of nitrogens with zero attached hydrogens (tertiary/aromatic N) is 4. The predicted octanol–water partition coefficient (Wildman–Crippen LogP) is 12.8. The van der Waals surface area contributed by atoms with E-state index < -0.39 is 0 Å². The van der Waals surface area contributed by atoms with Gasteiger partial charge in [-0.25, -0.2) is 20.0 Å². The summed E-state index contributed by atoms with van der Waals surface area (Å²) in [6.45, 7) is 0. The number of hydrogen-bond donors (Lipinski definition) is 0. The minimum absolute atomic E-state index is 0.427. The van der Waals surface area contributed by atoms with E-state index in [-0.39, 0.29) is 0 Å². The summed E-state index contributed by atoms with van der Waals surface area (Å²) < 4.78 is 12.2. The fourth-order valence-corrected chi connectivity index (χ4v) is 9.12. The van der Waals surface area contributed by atoms with Crippen molar-refractivity contribution in [2.75, 3.05) is 10.0 Å². The van der Waals surface area contributed by atoms with Gasteiger partial charge in [-0.3, -0.25) is 0 Å². The van der Waals surface area contributed by atoms with E-state index in [0.717, 1.165) is 71.9 Å². The Bertz CT molecular complexity index is 3050. The smallest absolute Gasteiger partial charge is 0.246 e. The van der Waals surface area contributed by atoms with Crippen LogP contribution in [0.3, 0.4) is 0 Å². The van der Waals surface area contributed by atoms with Crippen molar-refractivity contribution < 1.29 is 1.37 Å². The Morgan fingerprint density at radius 2 is 1.16 bits per heavy atom. The van der Waals surface area contributed by atoms with Crippen molar-refractivity contribution in [2.24, 2.45) is 0 Å². The maximum atomic E-state index is 9.78. The Hall–Kier alpha value is -6.56. The van der Waals surface area contributed by atoms with Crippen LogP contribution in [-0.2, 0) is 0 Å². The lowest BCUT2D eigenvalue weighted by Crippen LogP contribution is -2.40. The first-order valence-electron chi connectivity index (χ1n) is 17.6. The summed E-state index contributed by atoms with van der Waals surface area (Å²) in [5, 5.41) is 12.2. The number of rotatable bonds is 3. The fraction of sp³-hybridized carbons (Fsp3) is 0. The van der Waals surface area contributed by atoms with Gasteiger partial charge in [0.15, 0.2) is 0 Å². The molecular weight excluding hydrogens is 641 g/mol. The molecule has 0 unspecified atom stereocenters. The molecule has 0 spiro atoms. The largest absolute Gasteiger partial charge is 0.251 e. The molecule has 0 N–H and O–H groups in total. The summed E-state index contributed by atoms with van der Waals surface area (Å²) in [5.74, 6) is 0.535. The van der Waals surface area contributed by atoms with Crippen LogP contribution in [0.5, 0.6) is 0 Å². The normalized spacial score (nSPS) is 12.9. The van der Waals surface area contributed by atoms with Gasteiger partial charge in [0, 0.05) is 47.6 Å². The molecule has 10 aromatic rings. The number of anilines is 4. The molecule has 0 amide bonds. The maximum absolute atomic E-state index is 9.78. The van der Waals surface area contributed by atoms with Gasteiger partial charge in [-0.15, -0.1) is 11.3 Å². The van der Waals surface area contributed by atoms with Crippen LogP contribution in [-0.4, -0.2) is 9.97 Å². The van der Waals surface area contributed by atoms with E-state index in [1.165, 1.54) is 20.2 Å². The molecule has 0 fully saturated rings. The van der Waals surface area contributed by atoms with E-state index in [4.69, 9.17) is 9.97 Å². The Morgan fingerprint density at radius 3 is 1.98 bits per heavy atom. The van der Waals surface area contributed by atoms with E-state index in [1.807, 2.05) is 41.7 Å². The van der Waals surface area contributed by atoms with Gasteiger partial charge >= 0.3 is 0 Å². The molecule has 1 aliphatic heterocycles. The number of hydrogen-bond acceptors (Lipinski definition) is 5. The summed E-state index contributed by atoms with van der Waals surface area (Å²) in [7, 11) is 0. The molecule has 5 heteroatoms. The first kappa shape index (κ1) is 27.3. The van der Waals surface area contributed by atoms with E-state index in [0.29, 0.717) is 12.0 Å². The Labute approximate surface area is 299 Å². The average molecular weight is 670 g/mol. The summed E-state index contributed by atoms with van der Waals surface area (Å²) in [6.07, 6.45) is 0. The molecule has 11 rings (SSSR count). The Balaban J connectivity index is 1.40. The van der Waals surface area contributed by atoms with Crippen molar-refractivity contribution in [1.82, 2.24) is 9.97 Å². The molecule has 238 valence electrons. The predicted molar refractivity (Wildman–Crippen MR) is 215 cm³/mol. The Kier molecular flexibility index (Phi) is 5.87. The quantitative estimate of drug-likeness (QED) is 0.187. The second-order valence-corrected chi connectivity index (χ2v) is 13.9. The van der Waals surface area contributed by atoms with E-state index in [9.17, 15) is 1.37 Å². The minimum Gasteiger partial charge on any atom is -0.246 e. The van der Waals surface area contributed by atoms with Crippen molar-refractivity contribution in [3.8, 4) is 22.4 Å². The molecule has 8 aromatic carbocycles. The van der Waals surface area contributed by atoms with Crippen molar-refractivity contribution in [3.05, 3.63) is 170 Å². The van der Waals surface area contributed by atoms with E-state index in [2.05, 4.69) is 143 Å². The highest BCUT2D eigenvalue weighted by Crippen LogP contribution is 2.58. The van der Waals surface area contributed by atoms with Crippen molar-refractivity contribution in [2.45, 2.75) is 0 Å². The molecule has 1 aliphatic rings. The fourth-order valence-electron chi connectivity index (χ4n) is 7.88. The molecule has 0 aliphatic carbocycles. The number of fused-ring (bicyclic) bond motifs is 13. The molecule has 0 saturated heterocycles. The van der Waals surface area contributed by atoms with Crippen LogP contribution in [0.15, 0.2) is 170 Å². The topological polar surface area (TPSA) is 32.3 Å². The molecule has 0 saturated carbocycles. The number of hydrazine groups is 1. The summed E-state index contributed by atoms with van der Waals surface area (Å²) in [6, 6.07) is 57.3. The summed E-state index contributed by atoms with van der Waals surface area (Å²) >= 11 is 1.83. The second-order valence-electron chi connectivity index (χ2n) is 12.9. The highest BCUT2D eigenvalue weighted by molar-refractivity contribution is 7.26. The monoisotopic (exact) mass is 669 g/mol. The molecular formula is C46H28N4S. The summed E-state index contributed by atoms with van der Waals surface area (Å²) in [5.41, 5.74) is 7.56. The van der Waals surface area contributed by atoms with Gasteiger partial charge in [0.05, 0.1) is 29.6 Å².